The molecule has 0 aliphatic heterocycles. The first-order valence-electron chi connectivity index (χ1n) is 5.42. The van der Waals surface area contributed by atoms with Crippen LogP contribution in [-0.4, -0.2) is 6.54 Å². The van der Waals surface area contributed by atoms with Crippen LogP contribution in [0, 0.1) is 0 Å². The summed E-state index contributed by atoms with van der Waals surface area (Å²) in [5.41, 5.74) is 7.79. The number of thiophene rings is 1. The Balaban J connectivity index is 1.72. The van der Waals surface area contributed by atoms with Crippen molar-refractivity contribution in [1.82, 2.24) is 5.32 Å². The summed E-state index contributed by atoms with van der Waals surface area (Å²) in [5, 5.41) is 5.54. The maximum absolute atomic E-state index is 5.71. The van der Waals surface area contributed by atoms with Crippen molar-refractivity contribution >= 4 is 17.0 Å². The third-order valence-corrected chi connectivity index (χ3v) is 3.34. The van der Waals surface area contributed by atoms with E-state index < -0.39 is 0 Å². The molecule has 0 aliphatic rings. The molecule has 0 amide bonds. The predicted molar refractivity (Wildman–Crippen MR) is 70.6 cm³/mol. The molecule has 0 saturated carbocycles. The lowest BCUT2D eigenvalue weighted by atomic mass is 10.2. The van der Waals surface area contributed by atoms with E-state index in [0.717, 1.165) is 25.2 Å². The highest BCUT2D eigenvalue weighted by Crippen LogP contribution is 2.09. The monoisotopic (exact) mass is 232 g/mol. The van der Waals surface area contributed by atoms with E-state index in [2.05, 4.69) is 28.9 Å². The van der Waals surface area contributed by atoms with Gasteiger partial charge in [-0.15, -0.1) is 11.3 Å². The van der Waals surface area contributed by atoms with Crippen LogP contribution in [0.5, 0.6) is 0 Å². The topological polar surface area (TPSA) is 38.0 Å². The first-order valence-corrected chi connectivity index (χ1v) is 6.30. The smallest absolute Gasteiger partial charge is 0.0317 e. The van der Waals surface area contributed by atoms with Crippen molar-refractivity contribution in [3.8, 4) is 0 Å². The van der Waals surface area contributed by atoms with E-state index >= 15 is 0 Å². The normalized spacial score (nSPS) is 10.5. The minimum absolute atomic E-state index is 0.831. The van der Waals surface area contributed by atoms with Gasteiger partial charge in [0.2, 0.25) is 0 Å². The molecule has 1 heterocycles. The molecule has 1 aromatic heterocycles. The Hall–Kier alpha value is -1.32. The lowest BCUT2D eigenvalue weighted by Crippen LogP contribution is -2.16. The van der Waals surface area contributed by atoms with Crippen LogP contribution in [-0.2, 0) is 13.0 Å². The van der Waals surface area contributed by atoms with Gasteiger partial charge in [0.15, 0.2) is 0 Å². The van der Waals surface area contributed by atoms with Crippen molar-refractivity contribution in [2.75, 3.05) is 12.3 Å². The van der Waals surface area contributed by atoms with Crippen LogP contribution in [0.4, 0.5) is 5.69 Å². The van der Waals surface area contributed by atoms with Gasteiger partial charge in [0.25, 0.3) is 0 Å². The summed E-state index contributed by atoms with van der Waals surface area (Å²) in [6, 6.07) is 12.3. The highest BCUT2D eigenvalue weighted by atomic mass is 32.1. The van der Waals surface area contributed by atoms with Crippen LogP contribution in [0.15, 0.2) is 41.8 Å². The number of hydrogen-bond acceptors (Lipinski definition) is 3. The summed E-state index contributed by atoms with van der Waals surface area (Å²) < 4.78 is 0. The van der Waals surface area contributed by atoms with Gasteiger partial charge < -0.3 is 11.1 Å². The van der Waals surface area contributed by atoms with Crippen molar-refractivity contribution in [3.05, 3.63) is 52.2 Å². The Morgan fingerprint density at radius 3 is 2.88 bits per heavy atom. The molecule has 1 aromatic carbocycles. The van der Waals surface area contributed by atoms with Gasteiger partial charge >= 0.3 is 0 Å². The molecule has 16 heavy (non-hydrogen) atoms. The van der Waals surface area contributed by atoms with Crippen LogP contribution >= 0.6 is 11.3 Å². The Bertz CT molecular complexity index is 423. The first kappa shape index (κ1) is 11.2. The summed E-state index contributed by atoms with van der Waals surface area (Å²) >= 11 is 1.81. The molecule has 3 heteroatoms. The maximum atomic E-state index is 5.71. The minimum atomic E-state index is 0.831. The summed E-state index contributed by atoms with van der Waals surface area (Å²) in [4.78, 5) is 1.43. The van der Waals surface area contributed by atoms with Crippen molar-refractivity contribution in [1.29, 1.82) is 0 Å². The van der Waals surface area contributed by atoms with Crippen molar-refractivity contribution in [2.45, 2.75) is 13.0 Å². The van der Waals surface area contributed by atoms with Crippen molar-refractivity contribution < 1.29 is 0 Å². The van der Waals surface area contributed by atoms with Gasteiger partial charge in [-0.05, 0) is 35.6 Å². The lowest BCUT2D eigenvalue weighted by molar-refractivity contribution is 0.691. The SMILES string of the molecule is Nc1cccc(CNCCc2cccs2)c1. The molecule has 0 unspecified atom stereocenters. The molecule has 0 fully saturated rings. The van der Waals surface area contributed by atoms with E-state index in [4.69, 9.17) is 5.73 Å². The molecule has 2 aromatic rings. The van der Waals surface area contributed by atoms with Gasteiger partial charge in [-0.2, -0.15) is 0 Å². The Labute approximate surface area is 100 Å². The number of hydrogen-bond donors (Lipinski definition) is 2. The highest BCUT2D eigenvalue weighted by Gasteiger charge is 1.95. The largest absolute Gasteiger partial charge is 0.399 e. The quantitative estimate of drug-likeness (QED) is 0.614. The molecule has 0 aliphatic carbocycles. The molecule has 0 atom stereocenters. The zero-order valence-corrected chi connectivity index (χ0v) is 9.96. The molecule has 2 nitrogen and oxygen atoms in total. The molecule has 0 saturated heterocycles. The number of nitrogens with two attached hydrogens (primary N) is 1. The fourth-order valence-corrected chi connectivity index (χ4v) is 2.31. The lowest BCUT2D eigenvalue weighted by Gasteiger charge is -2.04. The van der Waals surface area contributed by atoms with E-state index in [9.17, 15) is 0 Å². The summed E-state index contributed by atoms with van der Waals surface area (Å²) in [6.07, 6.45) is 1.10. The van der Waals surface area contributed by atoms with Crippen LogP contribution in [0.25, 0.3) is 0 Å². The number of rotatable bonds is 5. The van der Waals surface area contributed by atoms with Crippen LogP contribution < -0.4 is 11.1 Å². The number of anilines is 1. The predicted octanol–water partition coefficient (Wildman–Crippen LogP) is 2.66. The van der Waals surface area contributed by atoms with Gasteiger partial charge in [0, 0.05) is 23.7 Å². The fourth-order valence-electron chi connectivity index (χ4n) is 1.60. The van der Waals surface area contributed by atoms with Crippen LogP contribution in [0.1, 0.15) is 10.4 Å². The molecular formula is C13H16N2S. The maximum Gasteiger partial charge on any atom is 0.0317 e. The third kappa shape index (κ3) is 3.36. The van der Waals surface area contributed by atoms with Gasteiger partial charge in [-0.3, -0.25) is 0 Å². The molecule has 3 N–H and O–H groups in total. The minimum Gasteiger partial charge on any atom is -0.399 e. The first-order chi connectivity index (χ1) is 7.84. The van der Waals surface area contributed by atoms with E-state index in [1.165, 1.54) is 10.4 Å². The van der Waals surface area contributed by atoms with E-state index in [-0.39, 0.29) is 0 Å². The Morgan fingerprint density at radius 1 is 1.19 bits per heavy atom. The van der Waals surface area contributed by atoms with Crippen molar-refractivity contribution in [2.24, 2.45) is 0 Å². The second kappa shape index (κ2) is 5.68. The second-order valence-electron chi connectivity index (χ2n) is 3.75. The van der Waals surface area contributed by atoms with Gasteiger partial charge in [0.1, 0.15) is 0 Å². The average molecular weight is 232 g/mol. The summed E-state index contributed by atoms with van der Waals surface area (Å²) in [7, 11) is 0. The molecule has 2 rings (SSSR count). The van der Waals surface area contributed by atoms with E-state index in [1.807, 2.05) is 29.5 Å². The number of benzene rings is 1. The molecule has 84 valence electrons. The third-order valence-electron chi connectivity index (χ3n) is 2.41. The Morgan fingerprint density at radius 2 is 2.12 bits per heavy atom. The van der Waals surface area contributed by atoms with Crippen LogP contribution in [0.2, 0.25) is 0 Å². The summed E-state index contributed by atoms with van der Waals surface area (Å²) in [6.45, 7) is 1.89. The molecule has 0 spiro atoms. The average Bonchev–Trinajstić information content (AvgIpc) is 2.77. The van der Waals surface area contributed by atoms with Gasteiger partial charge in [-0.25, -0.2) is 0 Å². The molecule has 0 radical (unpaired) electrons. The molecular weight excluding hydrogens is 216 g/mol. The van der Waals surface area contributed by atoms with E-state index in [0.29, 0.717) is 0 Å². The van der Waals surface area contributed by atoms with Gasteiger partial charge in [-0.1, -0.05) is 18.2 Å². The molecule has 0 bridgehead atoms. The fraction of sp³-hybridized carbons (Fsp3) is 0.231. The number of nitrogens with one attached hydrogen (secondary N) is 1. The van der Waals surface area contributed by atoms with Gasteiger partial charge in [0.05, 0.1) is 0 Å². The second-order valence-corrected chi connectivity index (χ2v) is 4.78. The van der Waals surface area contributed by atoms with E-state index in [1.54, 1.807) is 0 Å². The Kier molecular flexibility index (Phi) is 3.97. The van der Waals surface area contributed by atoms with Crippen LogP contribution in [0.3, 0.4) is 0 Å². The van der Waals surface area contributed by atoms with Crippen molar-refractivity contribution in [3.63, 3.8) is 0 Å². The zero-order valence-electron chi connectivity index (χ0n) is 9.15. The number of nitrogen functional groups attached to an aromatic ring is 1. The standard InChI is InChI=1S/C13H16N2S/c14-12-4-1-3-11(9-12)10-15-7-6-13-5-2-8-16-13/h1-5,8-9,15H,6-7,10,14H2. The highest BCUT2D eigenvalue weighted by molar-refractivity contribution is 7.09. The zero-order chi connectivity index (χ0) is 11.2. The summed E-state index contributed by atoms with van der Waals surface area (Å²) in [5.74, 6) is 0.